The fourth-order valence-corrected chi connectivity index (χ4v) is 3.32. The van der Waals surface area contributed by atoms with Crippen molar-refractivity contribution >= 4 is 30.6 Å². The maximum absolute atomic E-state index is 11.2. The van der Waals surface area contributed by atoms with E-state index in [4.69, 9.17) is 9.36 Å². The van der Waals surface area contributed by atoms with E-state index in [2.05, 4.69) is 34.6 Å². The Labute approximate surface area is 170 Å². The molecule has 0 aliphatic carbocycles. The van der Waals surface area contributed by atoms with E-state index in [9.17, 15) is 4.57 Å². The van der Waals surface area contributed by atoms with E-state index in [0.29, 0.717) is 13.2 Å². The molecule has 1 atom stereocenters. The normalized spacial score (nSPS) is 13.8. The SMILES string of the molecule is CSCCNCCCCCNCCONCCCCCCOP(C)(=O)S. The van der Waals surface area contributed by atoms with Crippen LogP contribution in [0.3, 0.4) is 0 Å². The van der Waals surface area contributed by atoms with Gasteiger partial charge in [-0.15, -0.1) is 0 Å². The summed E-state index contributed by atoms with van der Waals surface area (Å²) >= 11 is 5.78. The molecule has 0 fully saturated rings. The summed E-state index contributed by atoms with van der Waals surface area (Å²) in [6.45, 7) is 5.21. The number of hydroxylamine groups is 1. The van der Waals surface area contributed by atoms with Crippen LogP contribution in [0.25, 0.3) is 0 Å². The third-order valence-corrected chi connectivity index (χ3v) is 5.30. The molecule has 6 nitrogen and oxygen atoms in total. The molecule has 0 radical (unpaired) electrons. The Hall–Kier alpha value is 0.730. The molecule has 158 valence electrons. The summed E-state index contributed by atoms with van der Waals surface area (Å²) in [6.07, 6.45) is 10.1. The number of thioether (sulfide) groups is 1. The average molecular weight is 430 g/mol. The average Bonchev–Trinajstić information content (AvgIpc) is 2.59. The molecule has 0 aromatic heterocycles. The van der Waals surface area contributed by atoms with Crippen LogP contribution in [-0.2, 0) is 13.9 Å². The van der Waals surface area contributed by atoms with E-state index in [0.717, 1.165) is 58.4 Å². The molecule has 0 aromatic rings. The summed E-state index contributed by atoms with van der Waals surface area (Å²) in [5, 5.41) is 6.85. The number of rotatable bonds is 21. The van der Waals surface area contributed by atoms with E-state index in [1.54, 1.807) is 0 Å². The van der Waals surface area contributed by atoms with Crippen molar-refractivity contribution in [3.63, 3.8) is 0 Å². The molecule has 0 spiro atoms. The molecule has 0 aliphatic heterocycles. The molecule has 9 heteroatoms. The molecule has 0 bridgehead atoms. The topological polar surface area (TPSA) is 71.6 Å². The van der Waals surface area contributed by atoms with Crippen LogP contribution in [-0.4, -0.2) is 64.6 Å². The Morgan fingerprint density at radius 2 is 1.46 bits per heavy atom. The van der Waals surface area contributed by atoms with Crippen LogP contribution in [0.1, 0.15) is 44.9 Å². The summed E-state index contributed by atoms with van der Waals surface area (Å²) < 4.78 is 16.3. The molecular weight excluding hydrogens is 389 g/mol. The van der Waals surface area contributed by atoms with Crippen molar-refractivity contribution in [2.24, 2.45) is 0 Å². The molecule has 1 unspecified atom stereocenters. The molecule has 0 aromatic carbocycles. The second-order valence-electron chi connectivity index (χ2n) is 6.35. The van der Waals surface area contributed by atoms with Crippen molar-refractivity contribution in [3.05, 3.63) is 0 Å². The first-order chi connectivity index (χ1) is 12.6. The first-order valence-electron chi connectivity index (χ1n) is 9.76. The summed E-state index contributed by atoms with van der Waals surface area (Å²) in [7, 11) is 0. The summed E-state index contributed by atoms with van der Waals surface area (Å²) in [6, 6.07) is 0. The molecule has 26 heavy (non-hydrogen) atoms. The molecule has 3 N–H and O–H groups in total. The van der Waals surface area contributed by atoms with Gasteiger partial charge in [0.15, 0.2) is 0 Å². The van der Waals surface area contributed by atoms with Gasteiger partial charge in [0.25, 0.3) is 6.57 Å². The van der Waals surface area contributed by atoms with Gasteiger partial charge in [-0.3, -0.25) is 4.57 Å². The molecule has 0 rings (SSSR count). The first-order valence-corrected chi connectivity index (χ1v) is 14.4. The van der Waals surface area contributed by atoms with Gasteiger partial charge >= 0.3 is 0 Å². The smallest absolute Gasteiger partial charge is 0.251 e. The van der Waals surface area contributed by atoms with Gasteiger partial charge in [0.2, 0.25) is 0 Å². The number of unbranched alkanes of at least 4 members (excludes halogenated alkanes) is 5. The van der Waals surface area contributed by atoms with Crippen molar-refractivity contribution in [1.29, 1.82) is 0 Å². The second-order valence-corrected chi connectivity index (χ2v) is 11.4. The van der Waals surface area contributed by atoms with Crippen LogP contribution in [0.15, 0.2) is 0 Å². The zero-order valence-corrected chi connectivity index (χ0v) is 19.2. The Bertz CT molecular complexity index is 336. The van der Waals surface area contributed by atoms with Gasteiger partial charge in [0.05, 0.1) is 13.2 Å². The van der Waals surface area contributed by atoms with Gasteiger partial charge in [0.1, 0.15) is 0 Å². The van der Waals surface area contributed by atoms with Gasteiger partial charge in [-0.1, -0.05) is 31.5 Å². The number of nitrogens with one attached hydrogen (secondary N) is 3. The molecule has 0 saturated carbocycles. The van der Waals surface area contributed by atoms with Gasteiger partial charge in [-0.05, 0) is 45.0 Å². The van der Waals surface area contributed by atoms with Gasteiger partial charge in [0, 0.05) is 32.1 Å². The lowest BCUT2D eigenvalue weighted by Gasteiger charge is -2.08. The van der Waals surface area contributed by atoms with E-state index in [1.165, 1.54) is 31.7 Å². The predicted molar refractivity (Wildman–Crippen MR) is 119 cm³/mol. The van der Waals surface area contributed by atoms with Gasteiger partial charge in [-0.25, -0.2) is 5.48 Å². The van der Waals surface area contributed by atoms with E-state index in [1.807, 2.05) is 11.8 Å². The van der Waals surface area contributed by atoms with E-state index < -0.39 is 6.57 Å². The minimum atomic E-state index is -2.61. The first kappa shape index (κ1) is 26.7. The Morgan fingerprint density at radius 1 is 0.846 bits per heavy atom. The maximum atomic E-state index is 11.2. The van der Waals surface area contributed by atoms with Crippen molar-refractivity contribution in [2.75, 3.05) is 64.6 Å². The van der Waals surface area contributed by atoms with Crippen LogP contribution >= 0.6 is 30.6 Å². The highest BCUT2D eigenvalue weighted by Crippen LogP contribution is 2.47. The highest BCUT2D eigenvalue weighted by molar-refractivity contribution is 8.46. The van der Waals surface area contributed by atoms with Crippen LogP contribution in [0.5, 0.6) is 0 Å². The summed E-state index contributed by atoms with van der Waals surface area (Å²) in [5.74, 6) is 1.20. The zero-order chi connectivity index (χ0) is 19.3. The number of thiol groups is 1. The highest BCUT2D eigenvalue weighted by atomic mass is 32.7. The summed E-state index contributed by atoms with van der Waals surface area (Å²) in [5.41, 5.74) is 3.00. The van der Waals surface area contributed by atoms with Crippen LogP contribution in [0.2, 0.25) is 0 Å². The minimum absolute atomic E-state index is 0.529. The fraction of sp³-hybridized carbons (Fsp3) is 1.00. The van der Waals surface area contributed by atoms with Gasteiger partial charge in [-0.2, -0.15) is 11.8 Å². The molecule has 0 heterocycles. The van der Waals surface area contributed by atoms with Crippen LogP contribution in [0, 0.1) is 0 Å². The zero-order valence-electron chi connectivity index (χ0n) is 16.6. The maximum Gasteiger partial charge on any atom is 0.251 e. The Kier molecular flexibility index (Phi) is 21.0. The standard InChI is InChI=1S/C17H40N3O3PS2/c1-24(21,25)23-15-9-4-3-8-12-20-22-16-13-18-10-6-5-7-11-19-14-17-26-2/h18-20H,3-17H2,1-2H3,(H,21,25). The van der Waals surface area contributed by atoms with Crippen molar-refractivity contribution < 1.29 is 13.9 Å². The van der Waals surface area contributed by atoms with Crippen molar-refractivity contribution in [2.45, 2.75) is 44.9 Å². The lowest BCUT2D eigenvalue weighted by atomic mass is 10.2. The predicted octanol–water partition coefficient (Wildman–Crippen LogP) is 3.55. The lowest BCUT2D eigenvalue weighted by molar-refractivity contribution is 0.0423. The fourth-order valence-electron chi connectivity index (χ4n) is 2.26. The van der Waals surface area contributed by atoms with E-state index in [-0.39, 0.29) is 0 Å². The second kappa shape index (κ2) is 20.5. The third-order valence-electron chi connectivity index (χ3n) is 3.68. The molecule has 0 saturated heterocycles. The third kappa shape index (κ3) is 24.7. The monoisotopic (exact) mass is 429 g/mol. The minimum Gasteiger partial charge on any atom is -0.321 e. The molecule has 0 amide bonds. The summed E-state index contributed by atoms with van der Waals surface area (Å²) in [4.78, 5) is 5.39. The van der Waals surface area contributed by atoms with Gasteiger partial charge < -0.3 is 20.0 Å². The van der Waals surface area contributed by atoms with Crippen LogP contribution in [0.4, 0.5) is 0 Å². The Morgan fingerprint density at radius 3 is 2.15 bits per heavy atom. The number of hydrogen-bond acceptors (Lipinski definition) is 7. The highest BCUT2D eigenvalue weighted by Gasteiger charge is 2.06. The molecule has 0 aliphatic rings. The van der Waals surface area contributed by atoms with E-state index >= 15 is 0 Å². The molecular formula is C17H40N3O3PS2. The number of hydrogen-bond donors (Lipinski definition) is 4. The van der Waals surface area contributed by atoms with Crippen molar-refractivity contribution in [3.8, 4) is 0 Å². The lowest BCUT2D eigenvalue weighted by Crippen LogP contribution is -2.25. The largest absolute Gasteiger partial charge is 0.321 e. The quantitative estimate of drug-likeness (QED) is 0.0963. The van der Waals surface area contributed by atoms with Crippen molar-refractivity contribution in [1.82, 2.24) is 16.1 Å². The Balaban J connectivity index is 3.02. The van der Waals surface area contributed by atoms with Crippen LogP contribution < -0.4 is 16.1 Å².